The monoisotopic (exact) mass is 395 g/mol. The van der Waals surface area contributed by atoms with Crippen LogP contribution >= 0.6 is 22.9 Å². The highest BCUT2D eigenvalue weighted by Gasteiger charge is 2.17. The van der Waals surface area contributed by atoms with E-state index >= 15 is 0 Å². The number of benzene rings is 2. The van der Waals surface area contributed by atoms with Crippen molar-refractivity contribution in [2.75, 3.05) is 5.43 Å². The van der Waals surface area contributed by atoms with Gasteiger partial charge in [-0.05, 0) is 36.8 Å². The van der Waals surface area contributed by atoms with E-state index in [1.165, 1.54) is 16.0 Å². The maximum absolute atomic E-state index is 13.1. The number of rotatable bonds is 3. The molecule has 2 heterocycles. The minimum atomic E-state index is -0.408. The van der Waals surface area contributed by atoms with Crippen LogP contribution < -0.4 is 11.0 Å². The smallest absolute Gasteiger partial charge is 0.267 e. The summed E-state index contributed by atoms with van der Waals surface area (Å²) in [4.78, 5) is 30.8. The number of hydrogen-bond donors (Lipinski definition) is 1. The summed E-state index contributed by atoms with van der Waals surface area (Å²) in [6.07, 6.45) is 0. The lowest BCUT2D eigenvalue weighted by Gasteiger charge is -2.11. The van der Waals surface area contributed by atoms with Gasteiger partial charge in [0.05, 0.1) is 5.39 Å². The summed E-state index contributed by atoms with van der Waals surface area (Å²) >= 11 is 7.27. The third kappa shape index (κ3) is 3.25. The van der Waals surface area contributed by atoms with Crippen LogP contribution in [0.5, 0.6) is 0 Å². The largest absolute Gasteiger partial charge is 0.281 e. The Balaban J connectivity index is 1.80. The molecule has 1 amide bonds. The fraction of sp³-hybridized carbons (Fsp3) is 0.0500. The second-order valence-corrected chi connectivity index (χ2v) is 7.24. The van der Waals surface area contributed by atoms with Gasteiger partial charge in [-0.15, -0.1) is 11.3 Å². The second-order valence-electron chi connectivity index (χ2n) is 5.94. The lowest BCUT2D eigenvalue weighted by Crippen LogP contribution is -2.35. The first-order chi connectivity index (χ1) is 13.0. The molecule has 134 valence electrons. The molecular weight excluding hydrogens is 382 g/mol. The van der Waals surface area contributed by atoms with Gasteiger partial charge in [-0.1, -0.05) is 41.9 Å². The molecule has 0 unspecified atom stereocenters. The Bertz CT molecular complexity index is 1200. The Kier molecular flexibility index (Phi) is 4.51. The molecule has 1 N–H and O–H groups in total. The van der Waals surface area contributed by atoms with Crippen LogP contribution in [0.25, 0.3) is 21.3 Å². The van der Waals surface area contributed by atoms with Gasteiger partial charge in [0, 0.05) is 21.5 Å². The highest BCUT2D eigenvalue weighted by molar-refractivity contribution is 7.17. The zero-order chi connectivity index (χ0) is 19.0. The van der Waals surface area contributed by atoms with E-state index in [4.69, 9.17) is 11.6 Å². The van der Waals surface area contributed by atoms with E-state index in [2.05, 4.69) is 10.4 Å². The molecule has 4 rings (SSSR count). The van der Waals surface area contributed by atoms with E-state index in [1.807, 2.05) is 35.7 Å². The third-order valence-corrected chi connectivity index (χ3v) is 5.30. The molecule has 0 aliphatic carbocycles. The number of aryl methyl sites for hydroxylation is 1. The summed E-state index contributed by atoms with van der Waals surface area (Å²) in [6, 6.07) is 16.1. The topological polar surface area (TPSA) is 64.0 Å². The molecule has 0 spiro atoms. The third-order valence-electron chi connectivity index (χ3n) is 4.18. The van der Waals surface area contributed by atoms with Gasteiger partial charge in [0.15, 0.2) is 0 Å². The molecule has 2 aromatic carbocycles. The average Bonchev–Trinajstić information content (AvgIpc) is 3.10. The number of halogens is 1. The molecule has 0 saturated heterocycles. The number of carbonyl (C=O) groups excluding carboxylic acids is 1. The highest BCUT2D eigenvalue weighted by atomic mass is 35.5. The van der Waals surface area contributed by atoms with Crippen molar-refractivity contribution in [3.63, 3.8) is 0 Å². The second kappa shape index (κ2) is 6.98. The summed E-state index contributed by atoms with van der Waals surface area (Å²) < 4.78 is 1.19. The van der Waals surface area contributed by atoms with Gasteiger partial charge in [-0.3, -0.25) is 15.0 Å². The van der Waals surface area contributed by atoms with Crippen LogP contribution in [0.1, 0.15) is 16.2 Å². The molecule has 0 aliphatic heterocycles. The van der Waals surface area contributed by atoms with Crippen molar-refractivity contribution in [2.24, 2.45) is 0 Å². The van der Waals surface area contributed by atoms with Gasteiger partial charge < -0.3 is 0 Å². The van der Waals surface area contributed by atoms with Gasteiger partial charge >= 0.3 is 0 Å². The van der Waals surface area contributed by atoms with E-state index < -0.39 is 5.91 Å². The molecule has 7 heteroatoms. The summed E-state index contributed by atoms with van der Waals surface area (Å²) in [5.41, 5.74) is 4.48. The molecule has 2 aromatic heterocycles. The van der Waals surface area contributed by atoms with Crippen LogP contribution in [0.2, 0.25) is 5.02 Å². The predicted octanol–water partition coefficient (Wildman–Crippen LogP) is 4.47. The average molecular weight is 396 g/mol. The fourth-order valence-electron chi connectivity index (χ4n) is 2.82. The van der Waals surface area contributed by atoms with E-state index in [9.17, 15) is 9.59 Å². The standard InChI is InChI=1S/C20H14ClN3O2S/c1-12-22-19-17(16(11-27-19)13-5-3-2-4-6-13)20(26)24(12)23-18(25)14-7-9-15(21)10-8-14/h2-11H,1H3,(H,23,25). The molecule has 5 nitrogen and oxygen atoms in total. The number of fused-ring (bicyclic) bond motifs is 1. The molecule has 0 atom stereocenters. The van der Waals surface area contributed by atoms with Crippen LogP contribution in [-0.4, -0.2) is 15.6 Å². The number of amides is 1. The van der Waals surface area contributed by atoms with Gasteiger partial charge in [0.2, 0.25) is 0 Å². The summed E-state index contributed by atoms with van der Waals surface area (Å²) in [5, 5.41) is 2.95. The van der Waals surface area contributed by atoms with Crippen molar-refractivity contribution < 1.29 is 4.79 Å². The molecule has 0 saturated carbocycles. The number of thiophene rings is 1. The number of carbonyl (C=O) groups is 1. The predicted molar refractivity (Wildman–Crippen MR) is 109 cm³/mol. The lowest BCUT2D eigenvalue weighted by atomic mass is 10.1. The van der Waals surface area contributed by atoms with Crippen molar-refractivity contribution in [3.8, 4) is 11.1 Å². The Labute approximate surface area is 163 Å². The van der Waals surface area contributed by atoms with Crippen LogP contribution in [0.15, 0.2) is 64.8 Å². The molecule has 0 aliphatic rings. The maximum Gasteiger partial charge on any atom is 0.281 e. The Hall–Kier alpha value is -2.96. The SMILES string of the molecule is Cc1nc2scc(-c3ccccc3)c2c(=O)n1NC(=O)c1ccc(Cl)cc1. The van der Waals surface area contributed by atoms with Gasteiger partial charge in [0.25, 0.3) is 11.5 Å². The van der Waals surface area contributed by atoms with Crippen molar-refractivity contribution in [3.05, 3.63) is 86.7 Å². The van der Waals surface area contributed by atoms with Crippen LogP contribution in [0.4, 0.5) is 0 Å². The fourth-order valence-corrected chi connectivity index (χ4v) is 3.93. The Morgan fingerprint density at radius 3 is 2.52 bits per heavy atom. The normalized spacial score (nSPS) is 10.9. The molecule has 4 aromatic rings. The zero-order valence-electron chi connectivity index (χ0n) is 14.3. The van der Waals surface area contributed by atoms with E-state index in [-0.39, 0.29) is 5.56 Å². The van der Waals surface area contributed by atoms with Gasteiger partial charge in [0.1, 0.15) is 10.7 Å². The maximum atomic E-state index is 13.1. The number of nitrogens with zero attached hydrogens (tertiary/aromatic N) is 2. The van der Waals surface area contributed by atoms with Crippen molar-refractivity contribution in [1.82, 2.24) is 9.66 Å². The molecule has 0 fully saturated rings. The first-order valence-electron chi connectivity index (χ1n) is 8.18. The number of nitrogens with one attached hydrogen (secondary N) is 1. The first-order valence-corrected chi connectivity index (χ1v) is 9.43. The summed E-state index contributed by atoms with van der Waals surface area (Å²) in [6.45, 7) is 1.69. The van der Waals surface area contributed by atoms with Crippen LogP contribution in [-0.2, 0) is 0 Å². The van der Waals surface area contributed by atoms with Crippen LogP contribution in [0, 0.1) is 6.92 Å². The Morgan fingerprint density at radius 2 is 1.81 bits per heavy atom. The van der Waals surface area contributed by atoms with E-state index in [1.54, 1.807) is 31.2 Å². The van der Waals surface area contributed by atoms with E-state index in [0.717, 1.165) is 11.1 Å². The first kappa shape index (κ1) is 17.5. The molecular formula is C20H14ClN3O2S. The summed E-state index contributed by atoms with van der Waals surface area (Å²) in [7, 11) is 0. The van der Waals surface area contributed by atoms with Gasteiger partial charge in [-0.25, -0.2) is 9.66 Å². The molecule has 0 radical (unpaired) electrons. The molecule has 0 bridgehead atoms. The highest BCUT2D eigenvalue weighted by Crippen LogP contribution is 2.30. The summed E-state index contributed by atoms with van der Waals surface area (Å²) in [5.74, 6) is 0.00535. The minimum absolute atomic E-state index is 0.306. The quantitative estimate of drug-likeness (QED) is 0.556. The van der Waals surface area contributed by atoms with Crippen LogP contribution in [0.3, 0.4) is 0 Å². The van der Waals surface area contributed by atoms with Crippen molar-refractivity contribution in [2.45, 2.75) is 6.92 Å². The minimum Gasteiger partial charge on any atom is -0.267 e. The lowest BCUT2D eigenvalue weighted by molar-refractivity contribution is 0.101. The Morgan fingerprint density at radius 1 is 1.11 bits per heavy atom. The molecule has 27 heavy (non-hydrogen) atoms. The zero-order valence-corrected chi connectivity index (χ0v) is 15.8. The van der Waals surface area contributed by atoms with Gasteiger partial charge in [-0.2, -0.15) is 0 Å². The number of aromatic nitrogens is 2. The van der Waals surface area contributed by atoms with Crippen molar-refractivity contribution in [1.29, 1.82) is 0 Å². The van der Waals surface area contributed by atoms with Crippen molar-refractivity contribution >= 4 is 39.1 Å². The number of hydrogen-bond acceptors (Lipinski definition) is 4. The van der Waals surface area contributed by atoms with E-state index in [0.29, 0.717) is 26.6 Å².